The maximum Gasteiger partial charge on any atom is 0.137 e. The highest BCUT2D eigenvalue weighted by Gasteiger charge is 2.15. The Balaban J connectivity index is 1.79. The van der Waals surface area contributed by atoms with Crippen LogP contribution in [0.1, 0.15) is 78.1 Å². The first-order valence-corrected chi connectivity index (χ1v) is 11.5. The van der Waals surface area contributed by atoms with Crippen LogP contribution in [0.3, 0.4) is 0 Å². The van der Waals surface area contributed by atoms with Crippen molar-refractivity contribution in [1.29, 1.82) is 0 Å². The van der Waals surface area contributed by atoms with Crippen molar-refractivity contribution in [1.82, 2.24) is 0 Å². The molecule has 0 N–H and O–H groups in total. The van der Waals surface area contributed by atoms with Gasteiger partial charge in [0.15, 0.2) is 0 Å². The van der Waals surface area contributed by atoms with E-state index in [1.54, 1.807) is 0 Å². The van der Waals surface area contributed by atoms with Crippen LogP contribution < -0.4 is 4.90 Å². The summed E-state index contributed by atoms with van der Waals surface area (Å²) in [7, 11) is 0. The Morgan fingerprint density at radius 1 is 0.643 bits per heavy atom. The number of hydrogen-bond donors (Lipinski definition) is 0. The fourth-order valence-corrected chi connectivity index (χ4v) is 4.18. The highest BCUT2D eigenvalue weighted by Crippen LogP contribution is 2.36. The molecule has 152 valence electrons. The molecule has 3 aromatic rings. The molecule has 0 radical (unpaired) electrons. The number of fused-ring (bicyclic) bond motifs is 3. The molecule has 0 amide bonds. The summed E-state index contributed by atoms with van der Waals surface area (Å²) < 4.78 is 6.13. The molecule has 0 unspecified atom stereocenters. The summed E-state index contributed by atoms with van der Waals surface area (Å²) in [5.41, 5.74) is 3.37. The van der Waals surface area contributed by atoms with Crippen LogP contribution in [0.2, 0.25) is 0 Å². The lowest BCUT2D eigenvalue weighted by Crippen LogP contribution is -2.26. The van der Waals surface area contributed by atoms with Gasteiger partial charge in [-0.1, -0.05) is 89.5 Å². The zero-order chi connectivity index (χ0) is 19.6. The van der Waals surface area contributed by atoms with Crippen LogP contribution in [0, 0.1) is 0 Å². The van der Waals surface area contributed by atoms with Gasteiger partial charge in [0.25, 0.3) is 0 Å². The van der Waals surface area contributed by atoms with Crippen molar-refractivity contribution in [2.24, 2.45) is 0 Å². The Labute approximate surface area is 170 Å². The fraction of sp³-hybridized carbons (Fsp3) is 0.538. The van der Waals surface area contributed by atoms with Gasteiger partial charge in [-0.15, -0.1) is 0 Å². The number of unbranched alkanes of at least 4 members (excludes halogenated alkanes) is 8. The number of nitrogens with zero attached hydrogens (tertiary/aromatic N) is 1. The van der Waals surface area contributed by atoms with Crippen LogP contribution in [0.5, 0.6) is 0 Å². The van der Waals surface area contributed by atoms with Crippen molar-refractivity contribution >= 4 is 27.6 Å². The zero-order valence-electron chi connectivity index (χ0n) is 17.9. The number of rotatable bonds is 13. The van der Waals surface area contributed by atoms with E-state index in [2.05, 4.69) is 61.2 Å². The van der Waals surface area contributed by atoms with Gasteiger partial charge in [0.2, 0.25) is 0 Å². The average molecular weight is 380 g/mol. The topological polar surface area (TPSA) is 16.4 Å². The van der Waals surface area contributed by atoms with Crippen molar-refractivity contribution in [3.8, 4) is 0 Å². The van der Waals surface area contributed by atoms with Crippen molar-refractivity contribution in [3.05, 3.63) is 42.5 Å². The van der Waals surface area contributed by atoms with Gasteiger partial charge in [-0.25, -0.2) is 0 Å². The Morgan fingerprint density at radius 3 is 1.93 bits per heavy atom. The average Bonchev–Trinajstić information content (AvgIpc) is 3.11. The summed E-state index contributed by atoms with van der Waals surface area (Å²) in [6, 6.07) is 15.0. The normalized spacial score (nSPS) is 11.5. The van der Waals surface area contributed by atoms with E-state index in [9.17, 15) is 0 Å². The second-order valence-electron chi connectivity index (χ2n) is 8.06. The van der Waals surface area contributed by atoms with E-state index >= 15 is 0 Å². The third-order valence-corrected chi connectivity index (χ3v) is 5.78. The maximum atomic E-state index is 6.13. The highest BCUT2D eigenvalue weighted by atomic mass is 16.3. The van der Waals surface area contributed by atoms with Crippen molar-refractivity contribution in [2.45, 2.75) is 78.1 Å². The highest BCUT2D eigenvalue weighted by molar-refractivity contribution is 6.11. The number of anilines is 1. The van der Waals surface area contributed by atoms with Gasteiger partial charge in [0, 0.05) is 24.2 Å². The molecule has 0 aliphatic carbocycles. The van der Waals surface area contributed by atoms with Crippen LogP contribution >= 0.6 is 0 Å². The summed E-state index contributed by atoms with van der Waals surface area (Å²) in [5, 5.41) is 2.54. The quantitative estimate of drug-likeness (QED) is 0.277. The molecule has 0 fully saturated rings. The molecular formula is C26H37NO. The van der Waals surface area contributed by atoms with E-state index in [1.807, 2.05) is 0 Å². The van der Waals surface area contributed by atoms with E-state index in [0.29, 0.717) is 0 Å². The second-order valence-corrected chi connectivity index (χ2v) is 8.06. The van der Waals surface area contributed by atoms with Crippen molar-refractivity contribution in [3.63, 3.8) is 0 Å². The minimum absolute atomic E-state index is 0.996. The van der Waals surface area contributed by atoms with Gasteiger partial charge < -0.3 is 9.32 Å². The molecule has 0 spiro atoms. The molecule has 0 atom stereocenters. The van der Waals surface area contributed by atoms with E-state index < -0.39 is 0 Å². The standard InChI is InChI=1S/C26H37NO/c1-3-5-7-9-13-20-27(21-14-10-8-6-4-2)23-17-15-19-25-26(23)22-16-11-12-18-24(22)28-25/h11-12,15-19H,3-10,13-14,20-21H2,1-2H3. The van der Waals surface area contributed by atoms with Crippen LogP contribution in [0.4, 0.5) is 5.69 Å². The number of benzene rings is 2. The van der Waals surface area contributed by atoms with Gasteiger partial charge in [-0.2, -0.15) is 0 Å². The lowest BCUT2D eigenvalue weighted by molar-refractivity contribution is 0.590. The van der Waals surface area contributed by atoms with Crippen molar-refractivity contribution in [2.75, 3.05) is 18.0 Å². The Kier molecular flexibility index (Phi) is 8.26. The van der Waals surface area contributed by atoms with Gasteiger partial charge in [-0.05, 0) is 31.0 Å². The Hall–Kier alpha value is -1.96. The SMILES string of the molecule is CCCCCCCN(CCCCCCC)c1cccc2oc3ccccc3c12. The first-order valence-electron chi connectivity index (χ1n) is 11.5. The number of hydrogen-bond acceptors (Lipinski definition) is 2. The summed E-state index contributed by atoms with van der Waals surface area (Å²) in [5.74, 6) is 0. The van der Waals surface area contributed by atoms with Crippen molar-refractivity contribution < 1.29 is 4.42 Å². The lowest BCUT2D eigenvalue weighted by atomic mass is 10.1. The minimum atomic E-state index is 0.996. The molecule has 1 heterocycles. The first-order chi connectivity index (χ1) is 13.8. The second kappa shape index (κ2) is 11.1. The monoisotopic (exact) mass is 379 g/mol. The van der Waals surface area contributed by atoms with Crippen LogP contribution in [0.15, 0.2) is 46.9 Å². The van der Waals surface area contributed by atoms with Gasteiger partial charge in [0.05, 0.1) is 5.39 Å². The zero-order valence-corrected chi connectivity index (χ0v) is 17.9. The van der Waals surface area contributed by atoms with Gasteiger partial charge >= 0.3 is 0 Å². The molecule has 2 heteroatoms. The number of furan rings is 1. The lowest BCUT2D eigenvalue weighted by Gasteiger charge is -2.26. The molecule has 2 aromatic carbocycles. The minimum Gasteiger partial charge on any atom is -0.456 e. The largest absolute Gasteiger partial charge is 0.456 e. The molecule has 28 heavy (non-hydrogen) atoms. The summed E-state index contributed by atoms with van der Waals surface area (Å²) in [6.07, 6.45) is 13.3. The predicted octanol–water partition coefficient (Wildman–Crippen LogP) is 8.33. The number of para-hydroxylation sites is 1. The molecule has 0 saturated carbocycles. The van der Waals surface area contributed by atoms with E-state index in [0.717, 1.165) is 24.3 Å². The summed E-state index contributed by atoms with van der Waals surface area (Å²) in [6.45, 7) is 6.87. The molecule has 0 saturated heterocycles. The fourth-order valence-electron chi connectivity index (χ4n) is 4.18. The summed E-state index contributed by atoms with van der Waals surface area (Å²) >= 11 is 0. The van der Waals surface area contributed by atoms with Crippen LogP contribution in [0.25, 0.3) is 21.9 Å². The maximum absolute atomic E-state index is 6.13. The molecule has 0 bridgehead atoms. The molecule has 0 aliphatic rings. The third-order valence-electron chi connectivity index (χ3n) is 5.78. The third kappa shape index (κ3) is 5.31. The molecule has 3 rings (SSSR count). The van der Waals surface area contributed by atoms with E-state index in [1.165, 1.54) is 80.7 Å². The van der Waals surface area contributed by atoms with Crippen LogP contribution in [-0.4, -0.2) is 13.1 Å². The molecule has 1 aromatic heterocycles. The first kappa shape index (κ1) is 20.8. The summed E-state index contributed by atoms with van der Waals surface area (Å²) in [4.78, 5) is 2.63. The van der Waals surface area contributed by atoms with Gasteiger partial charge in [0.1, 0.15) is 11.2 Å². The molecule has 2 nitrogen and oxygen atoms in total. The smallest absolute Gasteiger partial charge is 0.137 e. The van der Waals surface area contributed by atoms with Crippen LogP contribution in [-0.2, 0) is 0 Å². The molecule has 0 aliphatic heterocycles. The molecular weight excluding hydrogens is 342 g/mol. The van der Waals surface area contributed by atoms with Gasteiger partial charge in [-0.3, -0.25) is 0 Å². The Bertz CT molecular complexity index is 821. The predicted molar refractivity (Wildman–Crippen MR) is 123 cm³/mol. The van der Waals surface area contributed by atoms with E-state index in [4.69, 9.17) is 4.42 Å². The van der Waals surface area contributed by atoms with E-state index in [-0.39, 0.29) is 0 Å². The Morgan fingerprint density at radius 2 is 1.25 bits per heavy atom.